The van der Waals surface area contributed by atoms with Gasteiger partial charge in [-0.3, -0.25) is 4.79 Å². The van der Waals surface area contributed by atoms with E-state index in [1.54, 1.807) is 0 Å². The lowest BCUT2D eigenvalue weighted by atomic mass is 9.86. The number of carbonyl (C=O) groups is 1. The smallest absolute Gasteiger partial charge is 0.306 e. The zero-order chi connectivity index (χ0) is 7.84. The van der Waals surface area contributed by atoms with Crippen LogP contribution in [0.4, 0.5) is 0 Å². The summed E-state index contributed by atoms with van der Waals surface area (Å²) in [4.78, 5) is 10.9. The lowest BCUT2D eigenvalue weighted by Crippen LogP contribution is -2.28. The molecule has 3 atom stereocenters. The first-order valence-corrected chi connectivity index (χ1v) is 5.35. The molecule has 0 aromatic carbocycles. The van der Waals surface area contributed by atoms with Crippen molar-refractivity contribution in [2.45, 2.75) is 35.7 Å². The Kier molecular flexibility index (Phi) is 2.08. The predicted octanol–water partition coefficient (Wildman–Crippen LogP) is 1.91. The van der Waals surface area contributed by atoms with Crippen molar-refractivity contribution in [3.8, 4) is 0 Å². The Bertz CT molecular complexity index is 181. The lowest BCUT2D eigenvalue weighted by molar-refractivity contribution is -0.141. The summed E-state index contributed by atoms with van der Waals surface area (Å²) >= 11 is 2.45. The second kappa shape index (κ2) is 2.92. The van der Waals surface area contributed by atoms with E-state index in [0.29, 0.717) is 16.3 Å². The minimum absolute atomic E-state index is 0.0172. The van der Waals surface area contributed by atoms with Crippen molar-refractivity contribution in [1.29, 1.82) is 0 Å². The summed E-state index contributed by atoms with van der Waals surface area (Å²) in [5.41, 5.74) is 0. The molecule has 0 aromatic rings. The highest BCUT2D eigenvalue weighted by Gasteiger charge is 2.40. The van der Waals surface area contributed by atoms with Crippen LogP contribution in [0, 0.1) is 5.92 Å². The van der Waals surface area contributed by atoms with E-state index in [0.717, 1.165) is 6.42 Å². The van der Waals surface area contributed by atoms with E-state index < -0.39 is 0 Å². The molecule has 1 heterocycles. The Balaban J connectivity index is 2.09. The molecule has 1 saturated carbocycles. The van der Waals surface area contributed by atoms with Crippen LogP contribution in [0.25, 0.3) is 0 Å². The molecule has 2 rings (SSSR count). The van der Waals surface area contributed by atoms with Crippen LogP contribution in [-0.2, 0) is 9.53 Å². The minimum Gasteiger partial charge on any atom is -0.462 e. The Morgan fingerprint density at radius 1 is 1.45 bits per heavy atom. The quantitative estimate of drug-likeness (QED) is 0.380. The van der Waals surface area contributed by atoms with E-state index >= 15 is 0 Å². The van der Waals surface area contributed by atoms with Gasteiger partial charge in [-0.15, -0.1) is 0 Å². The van der Waals surface area contributed by atoms with Gasteiger partial charge in [-0.05, 0) is 19.3 Å². The van der Waals surface area contributed by atoms with Gasteiger partial charge in [0, 0.05) is 9.84 Å². The van der Waals surface area contributed by atoms with Crippen LogP contribution in [0.2, 0.25) is 0 Å². The zero-order valence-electron chi connectivity index (χ0n) is 6.25. The topological polar surface area (TPSA) is 26.3 Å². The fraction of sp³-hybridized carbons (Fsp3) is 0.875. The van der Waals surface area contributed by atoms with Crippen LogP contribution in [-0.4, -0.2) is 16.0 Å². The lowest BCUT2D eigenvalue weighted by Gasteiger charge is -2.27. The molecule has 1 aliphatic carbocycles. The molecule has 2 nitrogen and oxygen atoms in total. The maximum Gasteiger partial charge on any atom is 0.306 e. The number of hydrogen-bond acceptors (Lipinski definition) is 2. The standard InChI is InChI=1S/C8H11IO2/c9-6-2-1-3-7-5(6)4-8(10)11-7/h5-7H,1-4H2/t5-,6?,7+/m0/s1. The van der Waals surface area contributed by atoms with Gasteiger partial charge in [-0.25, -0.2) is 0 Å². The first kappa shape index (κ1) is 7.83. The van der Waals surface area contributed by atoms with Crippen LogP contribution in [0.5, 0.6) is 0 Å². The Labute approximate surface area is 79.8 Å². The number of carbonyl (C=O) groups excluding carboxylic acids is 1. The maximum atomic E-state index is 10.9. The van der Waals surface area contributed by atoms with Crippen molar-refractivity contribution in [3.63, 3.8) is 0 Å². The van der Waals surface area contributed by atoms with E-state index in [9.17, 15) is 4.79 Å². The van der Waals surface area contributed by atoms with Crippen LogP contribution < -0.4 is 0 Å². The maximum absolute atomic E-state index is 10.9. The van der Waals surface area contributed by atoms with Crippen LogP contribution in [0.15, 0.2) is 0 Å². The number of fused-ring (bicyclic) bond motifs is 1. The summed E-state index contributed by atoms with van der Waals surface area (Å²) < 4.78 is 5.86. The van der Waals surface area contributed by atoms with Gasteiger partial charge in [0.2, 0.25) is 0 Å². The van der Waals surface area contributed by atoms with Gasteiger partial charge in [0.15, 0.2) is 0 Å². The first-order valence-electron chi connectivity index (χ1n) is 4.11. The van der Waals surface area contributed by atoms with Gasteiger partial charge in [0.25, 0.3) is 0 Å². The van der Waals surface area contributed by atoms with Gasteiger partial charge >= 0.3 is 5.97 Å². The van der Waals surface area contributed by atoms with Crippen LogP contribution in [0.1, 0.15) is 25.7 Å². The van der Waals surface area contributed by atoms with Crippen molar-refractivity contribution in [1.82, 2.24) is 0 Å². The molecule has 0 N–H and O–H groups in total. The highest BCUT2D eigenvalue weighted by atomic mass is 127. The molecule has 0 radical (unpaired) electrons. The molecule has 11 heavy (non-hydrogen) atoms. The number of hydrogen-bond donors (Lipinski definition) is 0. The van der Waals surface area contributed by atoms with Crippen molar-refractivity contribution < 1.29 is 9.53 Å². The first-order chi connectivity index (χ1) is 5.27. The number of ether oxygens (including phenoxy) is 1. The largest absolute Gasteiger partial charge is 0.462 e. The second-order valence-corrected chi connectivity index (χ2v) is 4.94. The minimum atomic E-state index is 0.0172. The number of rotatable bonds is 0. The van der Waals surface area contributed by atoms with Crippen molar-refractivity contribution in [2.75, 3.05) is 0 Å². The molecule has 1 saturated heterocycles. The Hall–Kier alpha value is 0.200. The molecule has 3 heteroatoms. The van der Waals surface area contributed by atoms with E-state index in [4.69, 9.17) is 4.74 Å². The number of esters is 1. The summed E-state index contributed by atoms with van der Waals surface area (Å²) in [6, 6.07) is 0. The molecule has 2 fully saturated rings. The van der Waals surface area contributed by atoms with E-state index in [-0.39, 0.29) is 12.1 Å². The molecule has 1 aliphatic heterocycles. The van der Waals surface area contributed by atoms with Crippen molar-refractivity contribution in [3.05, 3.63) is 0 Å². The fourth-order valence-electron chi connectivity index (χ4n) is 1.99. The summed E-state index contributed by atoms with van der Waals surface area (Å²) in [5.74, 6) is 0.542. The third kappa shape index (κ3) is 1.39. The van der Waals surface area contributed by atoms with Crippen LogP contribution >= 0.6 is 22.6 Å². The summed E-state index contributed by atoms with van der Waals surface area (Å²) in [7, 11) is 0. The second-order valence-electron chi connectivity index (χ2n) is 3.34. The number of halogens is 1. The highest BCUT2D eigenvalue weighted by Crippen LogP contribution is 2.38. The van der Waals surface area contributed by atoms with Gasteiger partial charge in [0.1, 0.15) is 6.10 Å². The molecule has 1 unspecified atom stereocenters. The number of alkyl halides is 1. The molecule has 2 aliphatic rings. The highest BCUT2D eigenvalue weighted by molar-refractivity contribution is 14.1. The Morgan fingerprint density at radius 3 is 3.00 bits per heavy atom. The third-order valence-corrected chi connectivity index (χ3v) is 4.14. The normalized spacial score (nSPS) is 43.4. The zero-order valence-corrected chi connectivity index (χ0v) is 8.41. The molecular weight excluding hydrogens is 255 g/mol. The molecular formula is C8H11IO2. The summed E-state index contributed by atoms with van der Waals surface area (Å²) in [6.07, 6.45) is 4.51. The average Bonchev–Trinajstić information content (AvgIpc) is 2.31. The summed E-state index contributed by atoms with van der Waals surface area (Å²) in [6.45, 7) is 0. The van der Waals surface area contributed by atoms with Crippen molar-refractivity contribution >= 4 is 28.6 Å². The SMILES string of the molecule is O=C1C[C@H]2C(I)CCC[C@H]2O1. The van der Waals surface area contributed by atoms with Gasteiger partial charge in [-0.2, -0.15) is 0 Å². The van der Waals surface area contributed by atoms with Crippen LogP contribution in [0.3, 0.4) is 0 Å². The molecule has 62 valence electrons. The average molecular weight is 266 g/mol. The molecule has 0 aromatic heterocycles. The fourth-order valence-corrected chi connectivity index (χ4v) is 3.15. The van der Waals surface area contributed by atoms with Gasteiger partial charge in [-0.1, -0.05) is 22.6 Å². The van der Waals surface area contributed by atoms with E-state index in [2.05, 4.69) is 22.6 Å². The molecule has 0 amide bonds. The van der Waals surface area contributed by atoms with E-state index in [1.807, 2.05) is 0 Å². The third-order valence-electron chi connectivity index (χ3n) is 2.60. The predicted molar refractivity (Wildman–Crippen MR) is 49.6 cm³/mol. The Morgan fingerprint density at radius 2 is 2.27 bits per heavy atom. The molecule has 0 bridgehead atoms. The van der Waals surface area contributed by atoms with Crippen molar-refractivity contribution in [2.24, 2.45) is 5.92 Å². The van der Waals surface area contributed by atoms with Gasteiger partial charge in [0.05, 0.1) is 6.42 Å². The molecule has 0 spiro atoms. The summed E-state index contributed by atoms with van der Waals surface area (Å²) in [5, 5.41) is 0. The monoisotopic (exact) mass is 266 g/mol. The van der Waals surface area contributed by atoms with E-state index in [1.165, 1.54) is 12.8 Å². The van der Waals surface area contributed by atoms with Gasteiger partial charge < -0.3 is 4.74 Å².